The first-order valence-corrected chi connectivity index (χ1v) is 7.96. The number of carbonyl (C=O) groups excluding carboxylic acids is 2. The Labute approximate surface area is 140 Å². The number of nitrogens with one attached hydrogen (secondary N) is 2. The van der Waals surface area contributed by atoms with Gasteiger partial charge in [-0.2, -0.15) is 0 Å². The van der Waals surface area contributed by atoms with Crippen molar-refractivity contribution in [3.05, 3.63) is 18.2 Å². The minimum atomic E-state index is -0.371. The second-order valence-corrected chi connectivity index (χ2v) is 5.68. The van der Waals surface area contributed by atoms with E-state index in [1.54, 1.807) is 23.1 Å². The molecule has 0 aromatic heterocycles. The summed E-state index contributed by atoms with van der Waals surface area (Å²) in [4.78, 5) is 25.4. The van der Waals surface area contributed by atoms with E-state index in [2.05, 4.69) is 10.6 Å². The van der Waals surface area contributed by atoms with E-state index in [1.165, 1.54) is 7.11 Å². The van der Waals surface area contributed by atoms with Crippen molar-refractivity contribution in [1.82, 2.24) is 10.2 Å². The second kappa shape index (κ2) is 7.29. The highest BCUT2D eigenvalue weighted by Crippen LogP contribution is 2.37. The van der Waals surface area contributed by atoms with Crippen LogP contribution in [0.2, 0.25) is 0 Å². The number of hydrogen-bond donors (Lipinski definition) is 2. The molecule has 1 aromatic rings. The first-order chi connectivity index (χ1) is 11.7. The zero-order valence-corrected chi connectivity index (χ0v) is 13.5. The minimum absolute atomic E-state index is 0.116. The third kappa shape index (κ3) is 3.64. The molecule has 0 aliphatic carbocycles. The molecule has 2 aliphatic rings. The van der Waals surface area contributed by atoms with E-state index in [-0.39, 0.29) is 18.2 Å². The summed E-state index contributed by atoms with van der Waals surface area (Å²) in [5.74, 6) is 1.16. The summed E-state index contributed by atoms with van der Waals surface area (Å²) in [6.07, 6.45) is 1.26. The van der Waals surface area contributed by atoms with Gasteiger partial charge in [-0.3, -0.25) is 0 Å². The van der Waals surface area contributed by atoms with E-state index in [0.717, 1.165) is 12.8 Å². The van der Waals surface area contributed by atoms with E-state index < -0.39 is 0 Å². The van der Waals surface area contributed by atoms with Gasteiger partial charge in [0.1, 0.15) is 13.2 Å². The molecule has 0 unspecified atom stereocenters. The summed E-state index contributed by atoms with van der Waals surface area (Å²) in [7, 11) is 1.35. The molecule has 0 radical (unpaired) electrons. The van der Waals surface area contributed by atoms with Gasteiger partial charge in [0.05, 0.1) is 12.8 Å². The van der Waals surface area contributed by atoms with Gasteiger partial charge < -0.3 is 29.7 Å². The highest BCUT2D eigenvalue weighted by atomic mass is 16.6. The van der Waals surface area contributed by atoms with Crippen LogP contribution in [0.25, 0.3) is 0 Å². The van der Waals surface area contributed by atoms with Crippen molar-refractivity contribution < 1.29 is 23.8 Å². The summed E-state index contributed by atoms with van der Waals surface area (Å²) in [5.41, 5.74) is 0.560. The molecule has 130 valence electrons. The fourth-order valence-corrected chi connectivity index (χ4v) is 2.91. The zero-order chi connectivity index (χ0) is 16.9. The molecule has 1 saturated heterocycles. The monoisotopic (exact) mass is 335 g/mol. The first kappa shape index (κ1) is 16.2. The lowest BCUT2D eigenvalue weighted by Gasteiger charge is -2.32. The van der Waals surface area contributed by atoms with Crippen molar-refractivity contribution in [3.8, 4) is 11.5 Å². The Balaban J connectivity index is 1.59. The van der Waals surface area contributed by atoms with Gasteiger partial charge >= 0.3 is 12.1 Å². The van der Waals surface area contributed by atoms with Crippen LogP contribution in [-0.2, 0) is 4.74 Å². The van der Waals surface area contributed by atoms with Gasteiger partial charge in [-0.15, -0.1) is 0 Å². The molecule has 8 heteroatoms. The molecule has 0 saturated carbocycles. The van der Waals surface area contributed by atoms with Crippen LogP contribution in [0.4, 0.5) is 15.3 Å². The molecule has 1 atom stereocenters. The number of ether oxygens (including phenoxy) is 3. The number of anilines is 1. The number of piperidine rings is 1. The summed E-state index contributed by atoms with van der Waals surface area (Å²) >= 11 is 0. The number of hydrogen-bond acceptors (Lipinski definition) is 5. The van der Waals surface area contributed by atoms with Gasteiger partial charge in [-0.1, -0.05) is 6.07 Å². The van der Waals surface area contributed by atoms with E-state index in [4.69, 9.17) is 14.2 Å². The maximum atomic E-state index is 12.3. The van der Waals surface area contributed by atoms with E-state index in [9.17, 15) is 9.59 Å². The molecule has 3 amide bonds. The molecule has 1 aromatic carbocycles. The molecule has 0 spiro atoms. The summed E-state index contributed by atoms with van der Waals surface area (Å²) in [5, 5.41) is 5.67. The Morgan fingerprint density at radius 3 is 2.96 bits per heavy atom. The average Bonchev–Trinajstić information content (AvgIpc) is 2.61. The van der Waals surface area contributed by atoms with Crippen LogP contribution in [0.5, 0.6) is 11.5 Å². The molecule has 24 heavy (non-hydrogen) atoms. The predicted molar refractivity (Wildman–Crippen MR) is 86.6 cm³/mol. The minimum Gasteiger partial charge on any atom is -0.486 e. The molecule has 2 heterocycles. The maximum Gasteiger partial charge on any atom is 0.409 e. The van der Waals surface area contributed by atoms with Crippen molar-refractivity contribution in [3.63, 3.8) is 0 Å². The topological polar surface area (TPSA) is 89.1 Å². The third-order valence-corrected chi connectivity index (χ3v) is 4.00. The first-order valence-electron chi connectivity index (χ1n) is 7.96. The Morgan fingerprint density at radius 2 is 2.12 bits per heavy atom. The Kier molecular flexibility index (Phi) is 4.93. The zero-order valence-electron chi connectivity index (χ0n) is 13.5. The average molecular weight is 335 g/mol. The number of rotatable bonds is 2. The number of urea groups is 1. The number of likely N-dealkylation sites (tertiary alicyclic amines) is 1. The fraction of sp³-hybridized carbons (Fsp3) is 0.500. The van der Waals surface area contributed by atoms with E-state index in [0.29, 0.717) is 43.5 Å². The van der Waals surface area contributed by atoms with Crippen molar-refractivity contribution in [2.75, 3.05) is 38.7 Å². The number of carbonyl (C=O) groups is 2. The number of fused-ring (bicyclic) bond motifs is 1. The molecule has 2 N–H and O–H groups in total. The van der Waals surface area contributed by atoms with Gasteiger partial charge in [-0.05, 0) is 25.0 Å². The number of amides is 3. The lowest BCUT2D eigenvalue weighted by molar-refractivity contribution is 0.108. The van der Waals surface area contributed by atoms with Gasteiger partial charge in [0.25, 0.3) is 0 Å². The molecule has 0 bridgehead atoms. The quantitative estimate of drug-likeness (QED) is 0.860. The summed E-state index contributed by atoms with van der Waals surface area (Å²) in [6, 6.07) is 4.90. The van der Waals surface area contributed by atoms with E-state index >= 15 is 0 Å². The summed E-state index contributed by atoms with van der Waals surface area (Å²) in [6.45, 7) is 2.02. The van der Waals surface area contributed by atoms with Gasteiger partial charge in [0.2, 0.25) is 0 Å². The number of benzene rings is 1. The largest absolute Gasteiger partial charge is 0.486 e. The number of para-hydroxylation sites is 1. The van der Waals surface area contributed by atoms with Crippen LogP contribution in [-0.4, -0.2) is 56.5 Å². The third-order valence-electron chi connectivity index (χ3n) is 4.00. The normalized spacial score (nSPS) is 19.4. The van der Waals surface area contributed by atoms with Crippen molar-refractivity contribution in [2.45, 2.75) is 18.9 Å². The van der Waals surface area contributed by atoms with E-state index in [1.807, 2.05) is 0 Å². The maximum absolute atomic E-state index is 12.3. The van der Waals surface area contributed by atoms with Crippen LogP contribution in [0.3, 0.4) is 0 Å². The van der Waals surface area contributed by atoms with Crippen molar-refractivity contribution in [2.24, 2.45) is 0 Å². The Hall–Kier alpha value is -2.64. The smallest absolute Gasteiger partial charge is 0.409 e. The highest BCUT2D eigenvalue weighted by Gasteiger charge is 2.25. The van der Waals surface area contributed by atoms with Gasteiger partial charge in [-0.25, -0.2) is 9.59 Å². The lowest BCUT2D eigenvalue weighted by atomic mass is 10.1. The van der Waals surface area contributed by atoms with Crippen LogP contribution in [0, 0.1) is 0 Å². The number of nitrogens with zero attached hydrogens (tertiary/aromatic N) is 1. The molecular formula is C16H21N3O5. The van der Waals surface area contributed by atoms with Gasteiger partial charge in [0.15, 0.2) is 11.5 Å². The summed E-state index contributed by atoms with van der Waals surface area (Å²) < 4.78 is 15.8. The van der Waals surface area contributed by atoms with Crippen LogP contribution >= 0.6 is 0 Å². The molecule has 1 fully saturated rings. The highest BCUT2D eigenvalue weighted by molar-refractivity contribution is 5.91. The van der Waals surface area contributed by atoms with Crippen LogP contribution < -0.4 is 20.1 Å². The standard InChI is InChI=1S/C16H21N3O5/c1-22-16(21)19-7-3-4-11(10-19)17-15(20)18-12-5-2-6-13-14(12)24-9-8-23-13/h2,5-6,11H,3-4,7-10H2,1H3,(H2,17,18,20)/t11-/m0/s1. The molecule has 2 aliphatic heterocycles. The fourth-order valence-electron chi connectivity index (χ4n) is 2.91. The molecule has 8 nitrogen and oxygen atoms in total. The van der Waals surface area contributed by atoms with Crippen molar-refractivity contribution >= 4 is 17.8 Å². The SMILES string of the molecule is COC(=O)N1CCC[C@H](NC(=O)Nc2cccc3c2OCCO3)C1. The molecule has 3 rings (SSSR count). The Bertz CT molecular complexity index is 622. The Morgan fingerprint density at radius 1 is 1.29 bits per heavy atom. The predicted octanol–water partition coefficient (Wildman–Crippen LogP) is 1.81. The van der Waals surface area contributed by atoms with Gasteiger partial charge in [0, 0.05) is 19.1 Å². The second-order valence-electron chi connectivity index (χ2n) is 5.68. The van der Waals surface area contributed by atoms with Crippen LogP contribution in [0.15, 0.2) is 18.2 Å². The van der Waals surface area contributed by atoms with Crippen molar-refractivity contribution in [1.29, 1.82) is 0 Å². The lowest BCUT2D eigenvalue weighted by Crippen LogP contribution is -2.50. The number of methoxy groups -OCH3 is 1. The molecular weight excluding hydrogens is 314 g/mol. The van der Waals surface area contributed by atoms with Crippen LogP contribution in [0.1, 0.15) is 12.8 Å².